The van der Waals surface area contributed by atoms with Gasteiger partial charge in [0.15, 0.2) is 0 Å². The Balaban J connectivity index is 2.24. The van der Waals surface area contributed by atoms with Crippen molar-refractivity contribution in [1.29, 1.82) is 0 Å². The molecule has 2 N–H and O–H groups in total. The highest BCUT2D eigenvalue weighted by Crippen LogP contribution is 2.13. The maximum Gasteiger partial charge on any atom is 0.242 e. The first-order valence-corrected chi connectivity index (χ1v) is 10.1. The molecule has 0 radical (unpaired) electrons. The number of nitrogens with one attached hydrogen (secondary N) is 2. The van der Waals surface area contributed by atoms with Gasteiger partial charge < -0.3 is 10.6 Å². The average Bonchev–Trinajstić information content (AvgIpc) is 2.61. The van der Waals surface area contributed by atoms with Crippen molar-refractivity contribution in [2.24, 2.45) is 0 Å². The lowest BCUT2D eigenvalue weighted by atomic mass is 10.1. The van der Waals surface area contributed by atoms with Crippen LogP contribution in [0.4, 0.5) is 0 Å². The monoisotopic (exact) mass is 360 g/mol. The summed E-state index contributed by atoms with van der Waals surface area (Å²) < 4.78 is 0. The van der Waals surface area contributed by atoms with Gasteiger partial charge in [-0.3, -0.25) is 9.59 Å². The third-order valence-corrected chi connectivity index (χ3v) is 4.71. The maximum absolute atomic E-state index is 12.3. The van der Waals surface area contributed by atoms with Crippen molar-refractivity contribution < 1.29 is 9.59 Å². The summed E-state index contributed by atoms with van der Waals surface area (Å²) in [7, 11) is 0. The molecule has 0 fully saturated rings. The Morgan fingerprint density at radius 1 is 0.885 bits per heavy atom. The van der Waals surface area contributed by atoms with Crippen LogP contribution in [0.3, 0.4) is 0 Å². The van der Waals surface area contributed by atoms with E-state index in [1.54, 1.807) is 6.92 Å². The molecule has 1 aromatic carbocycles. The SMILES string of the molecule is CCCCCCCCCC(=O)N[C@@H](C)C(=O)N[C@@H](C)c1ccc(C)cc1. The van der Waals surface area contributed by atoms with Gasteiger partial charge in [0.1, 0.15) is 6.04 Å². The zero-order chi connectivity index (χ0) is 19.4. The fourth-order valence-electron chi connectivity index (χ4n) is 2.90. The molecule has 0 aliphatic carbocycles. The molecule has 0 saturated heterocycles. The third-order valence-electron chi connectivity index (χ3n) is 4.71. The Bertz CT molecular complexity index is 540. The molecule has 0 aromatic heterocycles. The average molecular weight is 361 g/mol. The van der Waals surface area contributed by atoms with E-state index >= 15 is 0 Å². The lowest BCUT2D eigenvalue weighted by molar-refractivity contribution is -0.129. The lowest BCUT2D eigenvalue weighted by Gasteiger charge is -2.19. The number of benzene rings is 1. The number of hydrogen-bond donors (Lipinski definition) is 2. The zero-order valence-corrected chi connectivity index (χ0v) is 16.9. The highest BCUT2D eigenvalue weighted by atomic mass is 16.2. The number of rotatable bonds is 12. The van der Waals surface area contributed by atoms with Gasteiger partial charge in [0.25, 0.3) is 0 Å². The first-order valence-electron chi connectivity index (χ1n) is 10.1. The zero-order valence-electron chi connectivity index (χ0n) is 16.9. The van der Waals surface area contributed by atoms with E-state index in [-0.39, 0.29) is 17.9 Å². The predicted molar refractivity (Wildman–Crippen MR) is 108 cm³/mol. The molecular formula is C22H36N2O2. The Hall–Kier alpha value is -1.84. The molecule has 0 spiro atoms. The first-order chi connectivity index (χ1) is 12.4. The van der Waals surface area contributed by atoms with E-state index in [9.17, 15) is 9.59 Å². The smallest absolute Gasteiger partial charge is 0.242 e. The topological polar surface area (TPSA) is 58.2 Å². The Morgan fingerprint density at radius 3 is 2.08 bits per heavy atom. The molecule has 2 amide bonds. The summed E-state index contributed by atoms with van der Waals surface area (Å²) in [6.45, 7) is 7.94. The van der Waals surface area contributed by atoms with Crippen LogP contribution in [-0.4, -0.2) is 17.9 Å². The second-order valence-corrected chi connectivity index (χ2v) is 7.30. The largest absolute Gasteiger partial charge is 0.348 e. The van der Waals surface area contributed by atoms with Crippen LogP contribution in [0.15, 0.2) is 24.3 Å². The van der Waals surface area contributed by atoms with E-state index in [1.165, 1.54) is 37.7 Å². The van der Waals surface area contributed by atoms with Gasteiger partial charge in [0.05, 0.1) is 6.04 Å². The van der Waals surface area contributed by atoms with Crippen LogP contribution in [-0.2, 0) is 9.59 Å². The molecule has 0 saturated carbocycles. The van der Waals surface area contributed by atoms with Crippen molar-refractivity contribution in [3.8, 4) is 0 Å². The van der Waals surface area contributed by atoms with Crippen molar-refractivity contribution in [3.05, 3.63) is 35.4 Å². The molecule has 0 bridgehead atoms. The molecule has 4 heteroatoms. The van der Waals surface area contributed by atoms with Crippen molar-refractivity contribution in [2.45, 2.75) is 91.1 Å². The van der Waals surface area contributed by atoms with Crippen molar-refractivity contribution in [2.75, 3.05) is 0 Å². The van der Waals surface area contributed by atoms with Gasteiger partial charge in [-0.25, -0.2) is 0 Å². The van der Waals surface area contributed by atoms with Gasteiger partial charge in [-0.05, 0) is 32.8 Å². The molecule has 1 rings (SSSR count). The number of carbonyl (C=O) groups is 2. The summed E-state index contributed by atoms with van der Waals surface area (Å²) in [6.07, 6.45) is 8.77. The summed E-state index contributed by atoms with van der Waals surface area (Å²) in [4.78, 5) is 24.3. The number of amides is 2. The second kappa shape index (κ2) is 12.5. The molecule has 0 heterocycles. The summed E-state index contributed by atoms with van der Waals surface area (Å²) in [5, 5.41) is 5.77. The highest BCUT2D eigenvalue weighted by molar-refractivity contribution is 5.87. The van der Waals surface area contributed by atoms with E-state index in [0.29, 0.717) is 6.42 Å². The van der Waals surface area contributed by atoms with Crippen LogP contribution in [0.2, 0.25) is 0 Å². The van der Waals surface area contributed by atoms with Crippen LogP contribution in [0.1, 0.15) is 89.3 Å². The van der Waals surface area contributed by atoms with Crippen molar-refractivity contribution in [3.63, 3.8) is 0 Å². The van der Waals surface area contributed by atoms with Gasteiger partial charge in [-0.2, -0.15) is 0 Å². The van der Waals surface area contributed by atoms with E-state index < -0.39 is 6.04 Å². The standard InChI is InChI=1S/C22H36N2O2/c1-5-6-7-8-9-10-11-12-21(25)23-19(4)22(26)24-18(3)20-15-13-17(2)14-16-20/h13-16,18-19H,5-12H2,1-4H3,(H,23,25)(H,24,26)/t18-,19-/m0/s1. The summed E-state index contributed by atoms with van der Waals surface area (Å²) >= 11 is 0. The predicted octanol–water partition coefficient (Wildman–Crippen LogP) is 4.82. The molecule has 4 nitrogen and oxygen atoms in total. The fourth-order valence-corrected chi connectivity index (χ4v) is 2.90. The lowest BCUT2D eigenvalue weighted by Crippen LogP contribution is -2.45. The minimum absolute atomic E-state index is 0.0378. The van der Waals surface area contributed by atoms with Crippen LogP contribution >= 0.6 is 0 Å². The van der Waals surface area contributed by atoms with Gasteiger partial charge in [-0.1, -0.05) is 75.3 Å². The molecule has 0 unspecified atom stereocenters. The second-order valence-electron chi connectivity index (χ2n) is 7.30. The van der Waals surface area contributed by atoms with Crippen LogP contribution in [0.25, 0.3) is 0 Å². The Kier molecular flexibility index (Phi) is 10.7. The summed E-state index contributed by atoms with van der Waals surface area (Å²) in [6, 6.07) is 7.51. The maximum atomic E-state index is 12.3. The van der Waals surface area contributed by atoms with Crippen LogP contribution < -0.4 is 10.6 Å². The van der Waals surface area contributed by atoms with Crippen LogP contribution in [0, 0.1) is 6.92 Å². The summed E-state index contributed by atoms with van der Waals surface area (Å²) in [5.41, 5.74) is 2.25. The normalized spacial score (nSPS) is 13.1. The van der Waals surface area contributed by atoms with E-state index in [4.69, 9.17) is 0 Å². The van der Waals surface area contributed by atoms with E-state index in [1.807, 2.05) is 38.1 Å². The van der Waals surface area contributed by atoms with Crippen molar-refractivity contribution >= 4 is 11.8 Å². The highest BCUT2D eigenvalue weighted by Gasteiger charge is 2.17. The Morgan fingerprint density at radius 2 is 1.46 bits per heavy atom. The molecule has 2 atom stereocenters. The van der Waals surface area contributed by atoms with E-state index in [2.05, 4.69) is 17.6 Å². The number of unbranched alkanes of at least 4 members (excludes halogenated alkanes) is 6. The molecule has 0 aliphatic heterocycles. The quantitative estimate of drug-likeness (QED) is 0.525. The first kappa shape index (κ1) is 22.2. The van der Waals surface area contributed by atoms with Gasteiger partial charge >= 0.3 is 0 Å². The van der Waals surface area contributed by atoms with Crippen molar-refractivity contribution in [1.82, 2.24) is 10.6 Å². The van der Waals surface area contributed by atoms with Gasteiger partial charge in [0, 0.05) is 6.42 Å². The fraction of sp³-hybridized carbons (Fsp3) is 0.636. The molecule has 1 aromatic rings. The minimum atomic E-state index is -0.514. The third kappa shape index (κ3) is 9.02. The van der Waals surface area contributed by atoms with Crippen LogP contribution in [0.5, 0.6) is 0 Å². The van der Waals surface area contributed by atoms with Gasteiger partial charge in [-0.15, -0.1) is 0 Å². The van der Waals surface area contributed by atoms with Gasteiger partial charge in [0.2, 0.25) is 11.8 Å². The molecular weight excluding hydrogens is 324 g/mol. The number of carbonyl (C=O) groups excluding carboxylic acids is 2. The summed E-state index contributed by atoms with van der Waals surface area (Å²) in [5.74, 6) is -0.185. The molecule has 0 aliphatic rings. The van der Waals surface area contributed by atoms with E-state index in [0.717, 1.165) is 18.4 Å². The number of aryl methyl sites for hydroxylation is 1. The molecule has 26 heavy (non-hydrogen) atoms. The number of hydrogen-bond acceptors (Lipinski definition) is 2. The molecule has 146 valence electrons. The minimum Gasteiger partial charge on any atom is -0.348 e. The Labute approximate surface area is 159 Å².